The number of ether oxygens (including phenoxy) is 1. The summed E-state index contributed by atoms with van der Waals surface area (Å²) < 4.78 is 6.69. The minimum Gasteiger partial charge on any atom is -0.497 e. The van der Waals surface area contributed by atoms with Crippen molar-refractivity contribution in [3.05, 3.63) is 41.7 Å². The van der Waals surface area contributed by atoms with Crippen LogP contribution in [0.3, 0.4) is 0 Å². The van der Waals surface area contributed by atoms with Crippen LogP contribution in [0, 0.1) is 0 Å². The number of aromatic nitrogens is 2. The summed E-state index contributed by atoms with van der Waals surface area (Å²) in [6.45, 7) is 3.07. The summed E-state index contributed by atoms with van der Waals surface area (Å²) in [6.07, 6.45) is 1.70. The van der Waals surface area contributed by atoms with Gasteiger partial charge in [-0.3, -0.25) is 4.68 Å². The molecule has 0 atom stereocenters. The second kappa shape index (κ2) is 6.10. The van der Waals surface area contributed by atoms with Crippen molar-refractivity contribution in [2.45, 2.75) is 20.0 Å². The number of rotatable bonds is 6. The Bertz CT molecular complexity index is 590. The predicted octanol–water partition coefficient (Wildman–Crippen LogP) is 2.22. The van der Waals surface area contributed by atoms with Gasteiger partial charge in [0, 0.05) is 19.3 Å². The van der Waals surface area contributed by atoms with Gasteiger partial charge >= 0.3 is 5.97 Å². The largest absolute Gasteiger partial charge is 0.497 e. The quantitative estimate of drug-likeness (QED) is 0.845. The Labute approximate surface area is 117 Å². The van der Waals surface area contributed by atoms with E-state index in [4.69, 9.17) is 9.84 Å². The third-order valence-electron chi connectivity index (χ3n) is 2.93. The zero-order chi connectivity index (χ0) is 14.5. The molecule has 1 heterocycles. The number of carbonyl (C=O) groups is 1. The first-order chi connectivity index (χ1) is 9.63. The summed E-state index contributed by atoms with van der Waals surface area (Å²) in [5.74, 6) is -0.242. The Morgan fingerprint density at radius 3 is 2.65 bits per heavy atom. The number of aromatic carboxylic acids is 1. The standard InChI is InChI=1S/C14H17N3O3/c1-3-17-9-12(13(16-17)14(18)19)15-8-10-4-6-11(20-2)7-5-10/h4-7,9,15H,3,8H2,1-2H3,(H,18,19). The van der Waals surface area contributed by atoms with Gasteiger partial charge in [-0.05, 0) is 24.6 Å². The van der Waals surface area contributed by atoms with E-state index in [0.29, 0.717) is 18.8 Å². The van der Waals surface area contributed by atoms with Gasteiger partial charge in [0.15, 0.2) is 5.69 Å². The van der Waals surface area contributed by atoms with Crippen molar-refractivity contribution in [3.63, 3.8) is 0 Å². The summed E-state index contributed by atoms with van der Waals surface area (Å²) in [5, 5.41) is 16.2. The fourth-order valence-electron chi connectivity index (χ4n) is 1.81. The fourth-order valence-corrected chi connectivity index (χ4v) is 1.81. The molecule has 0 aliphatic carbocycles. The van der Waals surface area contributed by atoms with Crippen molar-refractivity contribution in [1.82, 2.24) is 9.78 Å². The Hall–Kier alpha value is -2.50. The number of methoxy groups -OCH3 is 1. The maximum atomic E-state index is 11.1. The van der Waals surface area contributed by atoms with Gasteiger partial charge in [-0.25, -0.2) is 4.79 Å². The second-order valence-electron chi connectivity index (χ2n) is 4.25. The summed E-state index contributed by atoms with van der Waals surface area (Å²) in [7, 11) is 1.62. The van der Waals surface area contributed by atoms with Crippen LogP contribution in [0.5, 0.6) is 5.75 Å². The molecule has 2 aromatic rings. The molecule has 0 saturated heterocycles. The normalized spacial score (nSPS) is 10.3. The van der Waals surface area contributed by atoms with Crippen LogP contribution in [0.1, 0.15) is 23.0 Å². The van der Waals surface area contributed by atoms with Gasteiger partial charge in [0.2, 0.25) is 0 Å². The van der Waals surface area contributed by atoms with Crippen molar-refractivity contribution < 1.29 is 14.6 Å². The van der Waals surface area contributed by atoms with Crippen LogP contribution in [0.15, 0.2) is 30.5 Å². The number of benzene rings is 1. The molecule has 2 N–H and O–H groups in total. The van der Waals surface area contributed by atoms with Gasteiger partial charge < -0.3 is 15.2 Å². The first-order valence-electron chi connectivity index (χ1n) is 6.31. The number of nitrogens with zero attached hydrogens (tertiary/aromatic N) is 2. The fraction of sp³-hybridized carbons (Fsp3) is 0.286. The molecule has 20 heavy (non-hydrogen) atoms. The molecule has 1 aromatic heterocycles. The van der Waals surface area contributed by atoms with E-state index in [2.05, 4.69) is 10.4 Å². The van der Waals surface area contributed by atoms with Gasteiger partial charge in [0.05, 0.1) is 12.8 Å². The summed E-state index contributed by atoms with van der Waals surface area (Å²) in [6, 6.07) is 7.59. The smallest absolute Gasteiger partial charge is 0.358 e. The minimum atomic E-state index is -1.03. The van der Waals surface area contributed by atoms with Gasteiger partial charge in [-0.15, -0.1) is 0 Å². The molecule has 0 fully saturated rings. The highest BCUT2D eigenvalue weighted by atomic mass is 16.5. The van der Waals surface area contributed by atoms with Crippen molar-refractivity contribution >= 4 is 11.7 Å². The molecule has 2 rings (SSSR count). The number of aryl methyl sites for hydroxylation is 1. The highest BCUT2D eigenvalue weighted by Gasteiger charge is 2.15. The molecule has 6 heteroatoms. The molecule has 0 aliphatic heterocycles. The first kappa shape index (κ1) is 13.9. The Kier molecular flexibility index (Phi) is 4.24. The van der Waals surface area contributed by atoms with E-state index in [-0.39, 0.29) is 5.69 Å². The predicted molar refractivity (Wildman–Crippen MR) is 75.2 cm³/mol. The third-order valence-corrected chi connectivity index (χ3v) is 2.93. The van der Waals surface area contributed by atoms with Crippen molar-refractivity contribution in [2.24, 2.45) is 0 Å². The van der Waals surface area contributed by atoms with Crippen molar-refractivity contribution in [1.29, 1.82) is 0 Å². The number of carboxylic acid groups (broad SMARTS) is 1. The van der Waals surface area contributed by atoms with Gasteiger partial charge in [-0.2, -0.15) is 5.10 Å². The molecule has 1 aromatic carbocycles. The average molecular weight is 275 g/mol. The molecule has 0 saturated carbocycles. The van der Waals surface area contributed by atoms with Crippen LogP contribution in [-0.4, -0.2) is 28.0 Å². The van der Waals surface area contributed by atoms with Crippen LogP contribution in [0.2, 0.25) is 0 Å². The number of nitrogens with one attached hydrogen (secondary N) is 1. The second-order valence-corrected chi connectivity index (χ2v) is 4.25. The lowest BCUT2D eigenvalue weighted by Gasteiger charge is -2.06. The lowest BCUT2D eigenvalue weighted by atomic mass is 10.2. The molecular formula is C14H17N3O3. The summed E-state index contributed by atoms with van der Waals surface area (Å²) in [5.41, 5.74) is 1.60. The molecule has 0 radical (unpaired) electrons. The number of hydrogen-bond donors (Lipinski definition) is 2. The SMILES string of the molecule is CCn1cc(NCc2ccc(OC)cc2)c(C(=O)O)n1. The van der Waals surface area contributed by atoms with E-state index >= 15 is 0 Å². The van der Waals surface area contributed by atoms with Crippen LogP contribution < -0.4 is 10.1 Å². The van der Waals surface area contributed by atoms with E-state index in [1.54, 1.807) is 18.0 Å². The van der Waals surface area contributed by atoms with E-state index in [0.717, 1.165) is 11.3 Å². The number of anilines is 1. The lowest BCUT2D eigenvalue weighted by Crippen LogP contribution is -2.05. The van der Waals surface area contributed by atoms with Gasteiger partial charge in [0.25, 0.3) is 0 Å². The Morgan fingerprint density at radius 2 is 2.10 bits per heavy atom. The van der Waals surface area contributed by atoms with Crippen LogP contribution in [0.25, 0.3) is 0 Å². The maximum absolute atomic E-state index is 11.1. The van der Waals surface area contributed by atoms with Gasteiger partial charge in [0.1, 0.15) is 5.75 Å². The molecule has 0 aliphatic rings. The van der Waals surface area contributed by atoms with Crippen molar-refractivity contribution in [3.8, 4) is 5.75 Å². The van der Waals surface area contributed by atoms with Crippen LogP contribution in [0.4, 0.5) is 5.69 Å². The molecule has 0 unspecified atom stereocenters. The molecule has 106 valence electrons. The molecular weight excluding hydrogens is 258 g/mol. The summed E-state index contributed by atoms with van der Waals surface area (Å²) >= 11 is 0. The highest BCUT2D eigenvalue weighted by Crippen LogP contribution is 2.16. The van der Waals surface area contributed by atoms with E-state index in [9.17, 15) is 4.79 Å². The topological polar surface area (TPSA) is 76.4 Å². The van der Waals surface area contributed by atoms with E-state index < -0.39 is 5.97 Å². The molecule has 0 spiro atoms. The lowest BCUT2D eigenvalue weighted by molar-refractivity contribution is 0.0690. The van der Waals surface area contributed by atoms with Gasteiger partial charge in [-0.1, -0.05) is 12.1 Å². The molecule has 0 amide bonds. The highest BCUT2D eigenvalue weighted by molar-refractivity contribution is 5.91. The minimum absolute atomic E-state index is 0.0420. The van der Waals surface area contributed by atoms with Crippen LogP contribution >= 0.6 is 0 Å². The first-order valence-corrected chi connectivity index (χ1v) is 6.31. The maximum Gasteiger partial charge on any atom is 0.358 e. The molecule has 0 bridgehead atoms. The monoisotopic (exact) mass is 275 g/mol. The number of hydrogen-bond acceptors (Lipinski definition) is 4. The van der Waals surface area contributed by atoms with Crippen LogP contribution in [-0.2, 0) is 13.1 Å². The third kappa shape index (κ3) is 3.09. The zero-order valence-corrected chi connectivity index (χ0v) is 11.5. The summed E-state index contributed by atoms with van der Waals surface area (Å²) in [4.78, 5) is 11.1. The van der Waals surface area contributed by atoms with Crippen molar-refractivity contribution in [2.75, 3.05) is 12.4 Å². The average Bonchev–Trinajstić information content (AvgIpc) is 2.89. The van der Waals surface area contributed by atoms with E-state index in [1.165, 1.54) is 0 Å². The van der Waals surface area contributed by atoms with E-state index in [1.807, 2.05) is 31.2 Å². The Morgan fingerprint density at radius 1 is 1.40 bits per heavy atom. The molecule has 6 nitrogen and oxygen atoms in total. The number of carboxylic acids is 1. The zero-order valence-electron chi connectivity index (χ0n) is 11.5. The Balaban J connectivity index is 2.09.